The Bertz CT molecular complexity index is 770. The van der Waals surface area contributed by atoms with Crippen molar-refractivity contribution in [3.05, 3.63) is 57.6 Å². The van der Waals surface area contributed by atoms with E-state index in [1.54, 1.807) is 0 Å². The zero-order valence-electron chi connectivity index (χ0n) is 20.2. The smallest absolute Gasteiger partial charge is 0.119 e. The first-order chi connectivity index (χ1) is 14.2. The van der Waals surface area contributed by atoms with Gasteiger partial charge in [0.25, 0.3) is 0 Å². The van der Waals surface area contributed by atoms with Gasteiger partial charge in [0, 0.05) is 5.92 Å². The summed E-state index contributed by atoms with van der Waals surface area (Å²) in [6, 6.07) is 8.42. The summed E-state index contributed by atoms with van der Waals surface area (Å²) in [5.41, 5.74) is 7.05. The number of rotatable bonds is 10. The van der Waals surface area contributed by atoms with E-state index in [0.717, 1.165) is 60.8 Å². The summed E-state index contributed by atoms with van der Waals surface area (Å²) >= 11 is 0. The van der Waals surface area contributed by atoms with Crippen LogP contribution in [0.4, 0.5) is 0 Å². The van der Waals surface area contributed by atoms with Crippen LogP contribution in [0.2, 0.25) is 0 Å². The van der Waals surface area contributed by atoms with Gasteiger partial charge in [-0.3, -0.25) is 0 Å². The predicted octanol–water partition coefficient (Wildman–Crippen LogP) is 8.45. The second-order valence-corrected chi connectivity index (χ2v) is 9.26. The molecule has 0 aromatic heterocycles. The van der Waals surface area contributed by atoms with Crippen molar-refractivity contribution in [2.45, 2.75) is 105 Å². The topological polar surface area (TPSA) is 40.5 Å². The van der Waals surface area contributed by atoms with E-state index in [4.69, 9.17) is 0 Å². The minimum absolute atomic E-state index is 0.274. The maximum absolute atomic E-state index is 10.6. The molecule has 2 atom stereocenters. The highest BCUT2D eigenvalue weighted by atomic mass is 16.3. The zero-order valence-corrected chi connectivity index (χ0v) is 20.2. The van der Waals surface area contributed by atoms with E-state index < -0.39 is 0 Å². The number of aromatic hydroxyl groups is 2. The van der Waals surface area contributed by atoms with Gasteiger partial charge in [-0.15, -0.1) is 0 Å². The summed E-state index contributed by atoms with van der Waals surface area (Å²) in [4.78, 5) is 0. The molecule has 0 aliphatic heterocycles. The molecule has 0 heterocycles. The maximum Gasteiger partial charge on any atom is 0.119 e. The van der Waals surface area contributed by atoms with E-state index in [1.165, 1.54) is 11.1 Å². The first-order valence-corrected chi connectivity index (χ1v) is 11.9. The van der Waals surface area contributed by atoms with Gasteiger partial charge in [-0.05, 0) is 90.5 Å². The average molecular weight is 411 g/mol. The van der Waals surface area contributed by atoms with Crippen LogP contribution in [-0.2, 0) is 0 Å². The highest BCUT2D eigenvalue weighted by molar-refractivity contribution is 5.51. The summed E-state index contributed by atoms with van der Waals surface area (Å²) in [5, 5.41) is 21.3. The molecule has 0 aliphatic rings. The Morgan fingerprint density at radius 3 is 1.30 bits per heavy atom. The zero-order chi connectivity index (χ0) is 22.4. The summed E-state index contributed by atoms with van der Waals surface area (Å²) in [7, 11) is 0. The Morgan fingerprint density at radius 2 is 0.967 bits per heavy atom. The van der Waals surface area contributed by atoms with Crippen molar-refractivity contribution in [3.63, 3.8) is 0 Å². The summed E-state index contributed by atoms with van der Waals surface area (Å²) < 4.78 is 0. The molecule has 2 rings (SSSR count). The summed E-state index contributed by atoms with van der Waals surface area (Å²) in [6.07, 6.45) is 6.51. The normalized spacial score (nSPS) is 14.5. The third kappa shape index (κ3) is 5.39. The van der Waals surface area contributed by atoms with Gasteiger partial charge in [0.05, 0.1) is 0 Å². The Kier molecular flexibility index (Phi) is 8.82. The van der Waals surface area contributed by atoms with E-state index >= 15 is 0 Å². The number of phenolic OH excluding ortho intramolecular Hbond substituents is 2. The minimum Gasteiger partial charge on any atom is -0.508 e. The Labute approximate surface area is 184 Å². The molecule has 0 fully saturated rings. The van der Waals surface area contributed by atoms with Crippen LogP contribution < -0.4 is 0 Å². The third-order valence-electron chi connectivity index (χ3n) is 6.66. The van der Waals surface area contributed by atoms with Crippen LogP contribution >= 0.6 is 0 Å². The van der Waals surface area contributed by atoms with Crippen molar-refractivity contribution in [1.82, 2.24) is 0 Å². The van der Waals surface area contributed by atoms with Gasteiger partial charge in [-0.25, -0.2) is 0 Å². The van der Waals surface area contributed by atoms with Crippen LogP contribution in [0.3, 0.4) is 0 Å². The number of hydrogen-bond donors (Lipinski definition) is 2. The lowest BCUT2D eigenvalue weighted by Crippen LogP contribution is -2.08. The molecule has 2 aromatic rings. The van der Waals surface area contributed by atoms with Gasteiger partial charge in [-0.2, -0.15) is 0 Å². The molecule has 0 radical (unpaired) electrons. The second kappa shape index (κ2) is 10.9. The number of benzene rings is 2. The molecule has 0 saturated heterocycles. The lowest BCUT2D eigenvalue weighted by atomic mass is 9.79. The SMILES string of the molecule is CCCC(C)c1cc(C(CCC)c2cc(C(C)CCC)c(O)cc2C)c(C)cc1O. The molecule has 2 N–H and O–H groups in total. The van der Waals surface area contributed by atoms with Gasteiger partial charge < -0.3 is 10.2 Å². The van der Waals surface area contributed by atoms with Crippen LogP contribution in [0.25, 0.3) is 0 Å². The minimum atomic E-state index is 0.274. The quantitative estimate of drug-likeness (QED) is 0.412. The molecule has 2 unspecified atom stereocenters. The van der Waals surface area contributed by atoms with Crippen LogP contribution in [0, 0.1) is 13.8 Å². The van der Waals surface area contributed by atoms with E-state index in [9.17, 15) is 10.2 Å². The van der Waals surface area contributed by atoms with Gasteiger partial charge in [0.2, 0.25) is 0 Å². The molecule has 2 aromatic carbocycles. The molecular formula is C28H42O2. The van der Waals surface area contributed by atoms with Gasteiger partial charge in [-0.1, -0.05) is 66.0 Å². The predicted molar refractivity (Wildman–Crippen MR) is 129 cm³/mol. The number of phenols is 2. The van der Waals surface area contributed by atoms with Crippen LogP contribution in [-0.4, -0.2) is 10.2 Å². The molecule has 2 nitrogen and oxygen atoms in total. The van der Waals surface area contributed by atoms with Crippen molar-refractivity contribution < 1.29 is 10.2 Å². The first kappa shape index (κ1) is 24.3. The van der Waals surface area contributed by atoms with Crippen molar-refractivity contribution in [2.75, 3.05) is 0 Å². The van der Waals surface area contributed by atoms with Gasteiger partial charge in [0.15, 0.2) is 0 Å². The molecule has 0 saturated carbocycles. The van der Waals surface area contributed by atoms with Crippen LogP contribution in [0.15, 0.2) is 24.3 Å². The van der Waals surface area contributed by atoms with E-state index in [-0.39, 0.29) is 5.92 Å². The third-order valence-corrected chi connectivity index (χ3v) is 6.66. The van der Waals surface area contributed by atoms with Crippen molar-refractivity contribution in [3.8, 4) is 11.5 Å². The summed E-state index contributed by atoms with van der Waals surface area (Å²) in [5.74, 6) is 1.81. The highest BCUT2D eigenvalue weighted by Crippen LogP contribution is 2.41. The molecule has 0 amide bonds. The van der Waals surface area contributed by atoms with E-state index in [2.05, 4.69) is 60.6 Å². The van der Waals surface area contributed by atoms with Gasteiger partial charge in [0.1, 0.15) is 11.5 Å². The molecule has 0 spiro atoms. The molecule has 0 bridgehead atoms. The molecule has 30 heavy (non-hydrogen) atoms. The van der Waals surface area contributed by atoms with E-state index in [1.807, 2.05) is 12.1 Å². The Hall–Kier alpha value is -1.96. The highest BCUT2D eigenvalue weighted by Gasteiger charge is 2.23. The van der Waals surface area contributed by atoms with Crippen molar-refractivity contribution in [1.29, 1.82) is 0 Å². The lowest BCUT2D eigenvalue weighted by molar-refractivity contribution is 0.458. The fraction of sp³-hybridized carbons (Fsp3) is 0.571. The van der Waals surface area contributed by atoms with Crippen molar-refractivity contribution in [2.24, 2.45) is 0 Å². The van der Waals surface area contributed by atoms with Crippen LogP contribution in [0.5, 0.6) is 11.5 Å². The molecule has 166 valence electrons. The summed E-state index contributed by atoms with van der Waals surface area (Å²) in [6.45, 7) is 15.3. The molecular weight excluding hydrogens is 368 g/mol. The first-order valence-electron chi connectivity index (χ1n) is 11.9. The number of aryl methyl sites for hydroxylation is 2. The Morgan fingerprint density at radius 1 is 0.600 bits per heavy atom. The van der Waals surface area contributed by atoms with Crippen molar-refractivity contribution >= 4 is 0 Å². The largest absolute Gasteiger partial charge is 0.508 e. The fourth-order valence-electron chi connectivity index (χ4n) is 4.94. The Balaban J connectivity index is 2.63. The second-order valence-electron chi connectivity index (χ2n) is 9.26. The van der Waals surface area contributed by atoms with E-state index in [0.29, 0.717) is 23.3 Å². The fourth-order valence-corrected chi connectivity index (χ4v) is 4.94. The maximum atomic E-state index is 10.6. The standard InChI is InChI=1S/C28H42O2/c1-8-11-18(4)25-16-23(20(6)14-27(25)29)22(13-10-3)24-17-26(19(5)12-9-2)28(30)15-21(24)7/h14-19,22,29-30H,8-13H2,1-7H3. The average Bonchev–Trinajstić information content (AvgIpc) is 2.67. The van der Waals surface area contributed by atoms with Gasteiger partial charge >= 0.3 is 0 Å². The van der Waals surface area contributed by atoms with Crippen LogP contribution in [0.1, 0.15) is 124 Å². The molecule has 0 aliphatic carbocycles. The monoisotopic (exact) mass is 410 g/mol. The lowest BCUT2D eigenvalue weighted by Gasteiger charge is -2.26. The molecule has 2 heteroatoms. The number of hydrogen-bond acceptors (Lipinski definition) is 2.